The second-order valence-electron chi connectivity index (χ2n) is 6.64. The average molecular weight is 423 g/mol. The van der Waals surface area contributed by atoms with Crippen LogP contribution in [-0.4, -0.2) is 97.9 Å². The molecule has 0 spiro atoms. The molecule has 7 nitrogen and oxygen atoms in total. The minimum Gasteiger partial charge on any atom is -0.378 e. The topological polar surface area (TPSA) is 48.5 Å². The molecule has 2 saturated heterocycles. The molecule has 2 fully saturated rings. The van der Waals surface area contributed by atoms with E-state index < -0.39 is 7.44 Å². The van der Waals surface area contributed by atoms with Crippen LogP contribution in [0.3, 0.4) is 0 Å². The van der Waals surface area contributed by atoms with Gasteiger partial charge in [-0.1, -0.05) is 39.3 Å². The predicted molar refractivity (Wildman–Crippen MR) is 111 cm³/mol. The summed E-state index contributed by atoms with van der Waals surface area (Å²) in [7, 11) is -3.07. The van der Waals surface area contributed by atoms with E-state index in [0.29, 0.717) is 57.4 Å². The van der Waals surface area contributed by atoms with Gasteiger partial charge in [-0.05, 0) is 0 Å². The Labute approximate surface area is 169 Å². The van der Waals surface area contributed by atoms with Crippen molar-refractivity contribution in [3.05, 3.63) is 10.6 Å². The Balaban J connectivity index is 2.56. The van der Waals surface area contributed by atoms with E-state index in [0.717, 1.165) is 32.0 Å². The molecule has 2 aliphatic rings. The molecular weight excluding hydrogens is 387 g/mol. The molecule has 0 aromatic carbocycles. The van der Waals surface area contributed by atoms with Gasteiger partial charge in [0.1, 0.15) is 10.6 Å². The molecule has 0 radical (unpaired) electrons. The molecule has 2 aliphatic heterocycles. The first-order valence-corrected chi connectivity index (χ1v) is 12.2. The number of morpholine rings is 2. The summed E-state index contributed by atoms with van der Waals surface area (Å²) in [5.41, 5.74) is 0. The molecule has 0 amide bonds. The van der Waals surface area contributed by atoms with Gasteiger partial charge in [-0.15, -0.1) is 0 Å². The van der Waals surface area contributed by atoms with Crippen molar-refractivity contribution in [1.82, 2.24) is 19.1 Å². The Morgan fingerprint density at radius 1 is 0.815 bits per heavy atom. The SMILES string of the molecule is CCN(CC)P(=O)(C(Cl)=C(N1CCOCC1)N1CCOCC1)N(CC)CC. The monoisotopic (exact) mass is 422 g/mol. The maximum absolute atomic E-state index is 14.5. The summed E-state index contributed by atoms with van der Waals surface area (Å²) in [6, 6.07) is 0. The lowest BCUT2D eigenvalue weighted by Crippen LogP contribution is -2.47. The summed E-state index contributed by atoms with van der Waals surface area (Å²) < 4.78 is 30.1. The van der Waals surface area contributed by atoms with Crippen molar-refractivity contribution in [3.8, 4) is 0 Å². The molecular formula is C18H36ClN4O3P. The highest BCUT2D eigenvalue weighted by Crippen LogP contribution is 2.62. The molecule has 9 heteroatoms. The van der Waals surface area contributed by atoms with Crippen LogP contribution in [0.1, 0.15) is 27.7 Å². The smallest absolute Gasteiger partial charge is 0.260 e. The van der Waals surface area contributed by atoms with Gasteiger partial charge in [0, 0.05) is 52.4 Å². The first kappa shape index (κ1) is 23.0. The van der Waals surface area contributed by atoms with Gasteiger partial charge in [-0.25, -0.2) is 9.34 Å². The molecule has 0 saturated carbocycles. The van der Waals surface area contributed by atoms with Crippen LogP contribution >= 0.6 is 19.0 Å². The minimum atomic E-state index is -3.07. The number of hydrogen-bond donors (Lipinski definition) is 0. The summed E-state index contributed by atoms with van der Waals surface area (Å²) in [5.74, 6) is 0.908. The quantitative estimate of drug-likeness (QED) is 0.529. The van der Waals surface area contributed by atoms with Gasteiger partial charge >= 0.3 is 0 Å². The highest BCUT2D eigenvalue weighted by Gasteiger charge is 2.42. The van der Waals surface area contributed by atoms with Gasteiger partial charge < -0.3 is 19.3 Å². The molecule has 2 heterocycles. The van der Waals surface area contributed by atoms with Crippen LogP contribution in [0.15, 0.2) is 10.6 Å². The number of halogens is 1. The molecule has 0 aromatic heterocycles. The molecule has 0 bridgehead atoms. The van der Waals surface area contributed by atoms with Crippen molar-refractivity contribution in [1.29, 1.82) is 0 Å². The van der Waals surface area contributed by atoms with Crippen LogP contribution in [0.2, 0.25) is 0 Å². The fourth-order valence-corrected chi connectivity index (χ4v) is 7.59. The Hall–Kier alpha value is -0.300. The molecule has 27 heavy (non-hydrogen) atoms. The highest BCUT2D eigenvalue weighted by molar-refractivity contribution is 7.65. The van der Waals surface area contributed by atoms with Crippen molar-refractivity contribution in [2.24, 2.45) is 0 Å². The van der Waals surface area contributed by atoms with Crippen molar-refractivity contribution in [2.45, 2.75) is 27.7 Å². The lowest BCUT2D eigenvalue weighted by atomic mass is 10.3. The second kappa shape index (κ2) is 11.0. The second-order valence-corrected chi connectivity index (χ2v) is 9.94. The first-order chi connectivity index (χ1) is 13.0. The maximum atomic E-state index is 14.5. The molecule has 0 aromatic rings. The van der Waals surface area contributed by atoms with Crippen molar-refractivity contribution in [3.63, 3.8) is 0 Å². The van der Waals surface area contributed by atoms with Crippen molar-refractivity contribution < 1.29 is 14.0 Å². The van der Waals surface area contributed by atoms with E-state index in [-0.39, 0.29) is 0 Å². The zero-order valence-corrected chi connectivity index (χ0v) is 19.0. The third kappa shape index (κ3) is 5.01. The number of hydrogen-bond acceptors (Lipinski definition) is 5. The summed E-state index contributed by atoms with van der Waals surface area (Å²) in [6.07, 6.45) is 0. The zero-order valence-electron chi connectivity index (χ0n) is 17.3. The highest BCUT2D eigenvalue weighted by atomic mass is 35.5. The lowest BCUT2D eigenvalue weighted by Gasteiger charge is -2.43. The maximum Gasteiger partial charge on any atom is 0.260 e. The summed E-state index contributed by atoms with van der Waals surface area (Å²) in [5, 5.41) is 0. The van der Waals surface area contributed by atoms with Crippen molar-refractivity contribution in [2.75, 3.05) is 78.8 Å². The van der Waals surface area contributed by atoms with E-state index >= 15 is 0 Å². The lowest BCUT2D eigenvalue weighted by molar-refractivity contribution is 0.00845. The normalized spacial score (nSPS) is 19.1. The zero-order chi connectivity index (χ0) is 19.9. The standard InChI is InChI=1S/C18H36ClN4O3P/c1-5-22(6-2)27(24,23(7-3)8-4)17(19)18(20-9-13-25-14-10-20)21-11-15-26-16-12-21/h5-16H2,1-4H3. The predicted octanol–water partition coefficient (Wildman–Crippen LogP) is 2.89. The van der Waals surface area contributed by atoms with Gasteiger partial charge in [0.25, 0.3) is 7.44 Å². The Bertz CT molecular complexity index is 493. The third-order valence-corrected chi connectivity index (χ3v) is 9.49. The van der Waals surface area contributed by atoms with Gasteiger partial charge in [-0.2, -0.15) is 0 Å². The molecule has 0 unspecified atom stereocenters. The van der Waals surface area contributed by atoms with E-state index in [1.54, 1.807) is 0 Å². The van der Waals surface area contributed by atoms with Gasteiger partial charge in [0.2, 0.25) is 0 Å². The van der Waals surface area contributed by atoms with Crippen LogP contribution in [-0.2, 0) is 14.0 Å². The van der Waals surface area contributed by atoms with Crippen LogP contribution in [0.25, 0.3) is 0 Å². The Morgan fingerprint density at radius 3 is 1.44 bits per heavy atom. The van der Waals surface area contributed by atoms with Gasteiger partial charge in [0.05, 0.1) is 26.4 Å². The van der Waals surface area contributed by atoms with Crippen LogP contribution in [0.5, 0.6) is 0 Å². The molecule has 2 rings (SSSR count). The summed E-state index contributed by atoms with van der Waals surface area (Å²) >= 11 is 7.09. The molecule has 0 aliphatic carbocycles. The van der Waals surface area contributed by atoms with Gasteiger partial charge in [0.15, 0.2) is 0 Å². The third-order valence-electron chi connectivity index (χ3n) is 5.29. The largest absolute Gasteiger partial charge is 0.378 e. The van der Waals surface area contributed by atoms with Crippen molar-refractivity contribution >= 4 is 19.0 Å². The van der Waals surface area contributed by atoms with E-state index in [9.17, 15) is 4.57 Å². The van der Waals surface area contributed by atoms with Crippen LogP contribution in [0.4, 0.5) is 0 Å². The van der Waals surface area contributed by atoms with E-state index in [4.69, 9.17) is 21.1 Å². The number of nitrogens with zero attached hydrogens (tertiary/aromatic N) is 4. The van der Waals surface area contributed by atoms with Crippen LogP contribution < -0.4 is 0 Å². The Kier molecular flexibility index (Phi) is 9.39. The number of ether oxygens (including phenoxy) is 2. The van der Waals surface area contributed by atoms with Crippen LogP contribution in [0, 0.1) is 0 Å². The fraction of sp³-hybridized carbons (Fsp3) is 0.889. The fourth-order valence-electron chi connectivity index (χ4n) is 3.78. The molecule has 0 N–H and O–H groups in total. The average Bonchev–Trinajstić information content (AvgIpc) is 2.71. The molecule has 158 valence electrons. The summed E-state index contributed by atoms with van der Waals surface area (Å²) in [6.45, 7) is 16.7. The first-order valence-electron chi connectivity index (χ1n) is 10.2. The Morgan fingerprint density at radius 2 is 1.15 bits per heavy atom. The van der Waals surface area contributed by atoms with E-state index in [1.165, 1.54) is 0 Å². The van der Waals surface area contributed by atoms with E-state index in [1.807, 2.05) is 37.0 Å². The van der Waals surface area contributed by atoms with E-state index in [2.05, 4.69) is 9.80 Å². The minimum absolute atomic E-state index is 0.485. The van der Waals surface area contributed by atoms with Gasteiger partial charge in [-0.3, -0.25) is 4.57 Å². The summed E-state index contributed by atoms with van der Waals surface area (Å²) in [4.78, 5) is 4.49. The number of rotatable bonds is 9. The molecule has 0 atom stereocenters.